The molecule has 168 valence electrons. The van der Waals surface area contributed by atoms with E-state index in [2.05, 4.69) is 10.2 Å². The predicted molar refractivity (Wildman–Crippen MR) is 120 cm³/mol. The van der Waals surface area contributed by atoms with E-state index in [-0.39, 0.29) is 18.6 Å². The van der Waals surface area contributed by atoms with E-state index in [0.717, 1.165) is 19.6 Å². The highest BCUT2D eigenvalue weighted by atomic mass is 16.7. The van der Waals surface area contributed by atoms with Gasteiger partial charge in [0.25, 0.3) is 11.8 Å². The molecule has 1 atom stereocenters. The number of benzene rings is 2. The minimum Gasteiger partial charge on any atom is -0.479 e. The van der Waals surface area contributed by atoms with Gasteiger partial charge in [0.2, 0.25) is 6.79 Å². The predicted octanol–water partition coefficient (Wildman–Crippen LogP) is 3.27. The first-order valence-corrected chi connectivity index (χ1v) is 11.1. The minimum absolute atomic E-state index is 0.0613. The van der Waals surface area contributed by atoms with Gasteiger partial charge in [-0.1, -0.05) is 6.42 Å². The van der Waals surface area contributed by atoms with Crippen molar-refractivity contribution >= 4 is 23.2 Å². The van der Waals surface area contributed by atoms with Crippen LogP contribution in [0.1, 0.15) is 36.5 Å². The number of ether oxygens (including phenoxy) is 3. The highest BCUT2D eigenvalue weighted by Crippen LogP contribution is 2.37. The largest absolute Gasteiger partial charge is 0.479 e. The second kappa shape index (κ2) is 8.70. The zero-order valence-electron chi connectivity index (χ0n) is 18.1. The molecule has 32 heavy (non-hydrogen) atoms. The summed E-state index contributed by atoms with van der Waals surface area (Å²) in [6.45, 7) is 5.50. The molecular weight excluding hydrogens is 410 g/mol. The lowest BCUT2D eigenvalue weighted by molar-refractivity contribution is -0.125. The van der Waals surface area contributed by atoms with Gasteiger partial charge in [-0.25, -0.2) is 0 Å². The van der Waals surface area contributed by atoms with Gasteiger partial charge in [-0.15, -0.1) is 0 Å². The van der Waals surface area contributed by atoms with Gasteiger partial charge in [-0.2, -0.15) is 0 Å². The van der Waals surface area contributed by atoms with E-state index >= 15 is 0 Å². The first-order chi connectivity index (χ1) is 15.6. The van der Waals surface area contributed by atoms with Gasteiger partial charge >= 0.3 is 0 Å². The maximum atomic E-state index is 12.9. The molecule has 0 radical (unpaired) electrons. The van der Waals surface area contributed by atoms with Gasteiger partial charge in [0.05, 0.1) is 5.69 Å². The molecule has 3 heterocycles. The van der Waals surface area contributed by atoms with Crippen LogP contribution in [0.3, 0.4) is 0 Å². The Morgan fingerprint density at radius 3 is 2.62 bits per heavy atom. The van der Waals surface area contributed by atoms with Crippen LogP contribution in [-0.2, 0) is 4.79 Å². The van der Waals surface area contributed by atoms with E-state index in [1.807, 2.05) is 0 Å². The minimum atomic E-state index is -0.530. The normalized spacial score (nSPS) is 20.0. The van der Waals surface area contributed by atoms with Crippen molar-refractivity contribution in [2.75, 3.05) is 43.2 Å². The lowest BCUT2D eigenvalue weighted by Gasteiger charge is -2.35. The molecule has 1 N–H and O–H groups in total. The maximum Gasteiger partial charge on any atom is 0.267 e. The van der Waals surface area contributed by atoms with Crippen molar-refractivity contribution < 1.29 is 23.8 Å². The number of fused-ring (bicyclic) bond motifs is 2. The van der Waals surface area contributed by atoms with E-state index < -0.39 is 6.10 Å². The number of amides is 2. The molecule has 0 bridgehead atoms. The third-order valence-electron chi connectivity index (χ3n) is 6.15. The number of anilines is 2. The van der Waals surface area contributed by atoms with Gasteiger partial charge in [-0.05, 0) is 69.3 Å². The van der Waals surface area contributed by atoms with Crippen LogP contribution in [0.15, 0.2) is 36.4 Å². The van der Waals surface area contributed by atoms with Crippen LogP contribution in [0.2, 0.25) is 0 Å². The fourth-order valence-corrected chi connectivity index (χ4v) is 4.38. The summed E-state index contributed by atoms with van der Waals surface area (Å²) in [5, 5.41) is 2.91. The van der Waals surface area contributed by atoms with Crippen molar-refractivity contribution in [2.45, 2.75) is 32.3 Å². The van der Waals surface area contributed by atoms with Gasteiger partial charge < -0.3 is 29.3 Å². The SMILES string of the molecule is CC1Oc2ccc(NC(=O)c3ccc4c(c3)OCO4)cc2N(CCN2CCCCC2)C1=O. The second-order valence-corrected chi connectivity index (χ2v) is 8.36. The van der Waals surface area contributed by atoms with Gasteiger partial charge in [0.1, 0.15) is 5.75 Å². The van der Waals surface area contributed by atoms with Crippen LogP contribution in [0.25, 0.3) is 0 Å². The molecule has 0 aromatic heterocycles. The van der Waals surface area contributed by atoms with Crippen molar-refractivity contribution in [2.24, 2.45) is 0 Å². The summed E-state index contributed by atoms with van der Waals surface area (Å²) >= 11 is 0. The summed E-state index contributed by atoms with van der Waals surface area (Å²) in [4.78, 5) is 29.9. The Morgan fingerprint density at radius 1 is 1.00 bits per heavy atom. The molecule has 0 aliphatic carbocycles. The number of rotatable bonds is 5. The molecule has 2 amide bonds. The van der Waals surface area contributed by atoms with Crippen LogP contribution in [0, 0.1) is 0 Å². The summed E-state index contributed by atoms with van der Waals surface area (Å²) in [5.74, 6) is 1.51. The first-order valence-electron chi connectivity index (χ1n) is 11.1. The lowest BCUT2D eigenvalue weighted by Crippen LogP contribution is -2.48. The first kappa shape index (κ1) is 20.6. The fourth-order valence-electron chi connectivity index (χ4n) is 4.38. The third kappa shape index (κ3) is 4.10. The molecule has 5 rings (SSSR count). The Hall–Kier alpha value is -3.26. The number of piperidine rings is 1. The summed E-state index contributed by atoms with van der Waals surface area (Å²) in [7, 11) is 0. The number of nitrogens with zero attached hydrogens (tertiary/aromatic N) is 2. The monoisotopic (exact) mass is 437 g/mol. The van der Waals surface area contributed by atoms with Gasteiger partial charge in [0.15, 0.2) is 17.6 Å². The molecule has 0 spiro atoms. The highest BCUT2D eigenvalue weighted by Gasteiger charge is 2.32. The van der Waals surface area contributed by atoms with E-state index in [0.29, 0.717) is 40.7 Å². The Bertz CT molecular complexity index is 1030. The van der Waals surface area contributed by atoms with E-state index in [9.17, 15) is 9.59 Å². The zero-order chi connectivity index (χ0) is 22.1. The van der Waals surface area contributed by atoms with Crippen molar-refractivity contribution in [3.8, 4) is 17.2 Å². The standard InChI is InChI=1S/C24H27N3O5/c1-16-24(29)27(12-11-26-9-3-2-4-10-26)19-14-18(6-8-20(19)32-16)25-23(28)17-5-7-21-22(13-17)31-15-30-21/h5-8,13-14,16H,2-4,9-12,15H2,1H3,(H,25,28). The number of hydrogen-bond donors (Lipinski definition) is 1. The van der Waals surface area contributed by atoms with Crippen molar-refractivity contribution in [1.29, 1.82) is 0 Å². The Morgan fingerprint density at radius 2 is 1.78 bits per heavy atom. The van der Waals surface area contributed by atoms with Crippen LogP contribution in [0.5, 0.6) is 17.2 Å². The Balaban J connectivity index is 1.33. The van der Waals surface area contributed by atoms with Crippen LogP contribution < -0.4 is 24.4 Å². The molecule has 1 fully saturated rings. The third-order valence-corrected chi connectivity index (χ3v) is 6.15. The van der Waals surface area contributed by atoms with Crippen molar-refractivity contribution in [3.05, 3.63) is 42.0 Å². The number of likely N-dealkylation sites (tertiary alicyclic amines) is 1. The highest BCUT2D eigenvalue weighted by molar-refractivity contribution is 6.06. The molecule has 8 nitrogen and oxygen atoms in total. The molecular formula is C24H27N3O5. The fraction of sp³-hybridized carbons (Fsp3) is 0.417. The molecule has 8 heteroatoms. The van der Waals surface area contributed by atoms with Crippen LogP contribution in [0.4, 0.5) is 11.4 Å². The lowest BCUT2D eigenvalue weighted by atomic mass is 10.1. The molecule has 1 unspecified atom stereocenters. The van der Waals surface area contributed by atoms with E-state index in [4.69, 9.17) is 14.2 Å². The van der Waals surface area contributed by atoms with Crippen LogP contribution >= 0.6 is 0 Å². The summed E-state index contributed by atoms with van der Waals surface area (Å²) in [6.07, 6.45) is 3.16. The van der Waals surface area contributed by atoms with E-state index in [1.165, 1.54) is 19.3 Å². The quantitative estimate of drug-likeness (QED) is 0.774. The van der Waals surface area contributed by atoms with E-state index in [1.54, 1.807) is 48.2 Å². The Kier molecular flexibility index (Phi) is 5.61. The number of nitrogens with one attached hydrogen (secondary N) is 1. The van der Waals surface area contributed by atoms with Crippen molar-refractivity contribution in [1.82, 2.24) is 4.90 Å². The molecule has 0 saturated carbocycles. The molecule has 2 aromatic carbocycles. The van der Waals surface area contributed by atoms with Gasteiger partial charge in [0, 0.05) is 24.3 Å². The van der Waals surface area contributed by atoms with Crippen LogP contribution in [-0.4, -0.2) is 55.8 Å². The average Bonchev–Trinajstić information content (AvgIpc) is 3.28. The number of carbonyl (C=O) groups is 2. The molecule has 3 aliphatic rings. The summed E-state index contributed by atoms with van der Waals surface area (Å²) < 4.78 is 16.5. The molecule has 2 aromatic rings. The zero-order valence-corrected chi connectivity index (χ0v) is 18.1. The summed E-state index contributed by atoms with van der Waals surface area (Å²) in [5.41, 5.74) is 1.75. The topological polar surface area (TPSA) is 80.3 Å². The summed E-state index contributed by atoms with van der Waals surface area (Å²) in [6, 6.07) is 10.5. The number of hydrogen-bond acceptors (Lipinski definition) is 6. The van der Waals surface area contributed by atoms with Crippen molar-refractivity contribution in [3.63, 3.8) is 0 Å². The number of carbonyl (C=O) groups excluding carboxylic acids is 2. The maximum absolute atomic E-state index is 12.9. The van der Waals surface area contributed by atoms with Gasteiger partial charge in [-0.3, -0.25) is 9.59 Å². The second-order valence-electron chi connectivity index (χ2n) is 8.36. The smallest absolute Gasteiger partial charge is 0.267 e. The Labute approximate surface area is 187 Å². The molecule has 3 aliphatic heterocycles. The average molecular weight is 437 g/mol. The molecule has 1 saturated heterocycles.